The molecule has 2 fully saturated rings. The lowest BCUT2D eigenvalue weighted by molar-refractivity contribution is 0.174. The Morgan fingerprint density at radius 3 is 2.83 bits per heavy atom. The van der Waals surface area contributed by atoms with E-state index in [1.165, 1.54) is 12.8 Å². The van der Waals surface area contributed by atoms with Gasteiger partial charge in [-0.3, -0.25) is 15.1 Å². The van der Waals surface area contributed by atoms with Crippen molar-refractivity contribution in [2.24, 2.45) is 5.92 Å². The second-order valence-corrected chi connectivity index (χ2v) is 6.67. The van der Waals surface area contributed by atoms with Crippen molar-refractivity contribution in [3.63, 3.8) is 0 Å². The van der Waals surface area contributed by atoms with Crippen LogP contribution in [0.5, 0.6) is 11.5 Å². The van der Waals surface area contributed by atoms with E-state index in [2.05, 4.69) is 21.0 Å². The Bertz CT molecular complexity index is 818. The van der Waals surface area contributed by atoms with Gasteiger partial charge in [0.1, 0.15) is 0 Å². The van der Waals surface area contributed by atoms with Crippen molar-refractivity contribution >= 4 is 24.6 Å². The Morgan fingerprint density at radius 2 is 2.00 bits per heavy atom. The predicted molar refractivity (Wildman–Crippen MR) is 92.3 cm³/mol. The van der Waals surface area contributed by atoms with Crippen molar-refractivity contribution in [2.45, 2.75) is 31.3 Å². The van der Waals surface area contributed by atoms with E-state index in [1.54, 1.807) is 0 Å². The molecule has 0 bridgehead atoms. The molecule has 7 nitrogen and oxygen atoms in total. The zero-order valence-corrected chi connectivity index (χ0v) is 14.5. The Morgan fingerprint density at radius 1 is 1.17 bits per heavy atom. The van der Waals surface area contributed by atoms with Crippen LogP contribution in [0, 0.1) is 10.7 Å². The highest BCUT2D eigenvalue weighted by Gasteiger charge is 2.38. The highest BCUT2D eigenvalue weighted by atomic mass is 35.5. The normalized spacial score (nSPS) is 24.8. The number of benzene rings is 1. The first kappa shape index (κ1) is 15.9. The molecule has 3 heterocycles. The lowest BCUT2D eigenvalue weighted by Crippen LogP contribution is -2.32. The average molecular weight is 368 g/mol. The molecule has 0 spiro atoms. The van der Waals surface area contributed by atoms with E-state index in [0.717, 1.165) is 35.3 Å². The summed E-state index contributed by atoms with van der Waals surface area (Å²) >= 11 is 5.44. The largest absolute Gasteiger partial charge is 0.454 e. The summed E-state index contributed by atoms with van der Waals surface area (Å²) in [5.41, 5.74) is 7.70. The molecule has 2 atom stereocenters. The van der Waals surface area contributed by atoms with Crippen LogP contribution >= 0.6 is 24.6 Å². The van der Waals surface area contributed by atoms with Gasteiger partial charge in [-0.25, -0.2) is 5.43 Å². The number of rotatable bonds is 3. The van der Waals surface area contributed by atoms with Crippen LogP contribution in [0.3, 0.4) is 0 Å². The van der Waals surface area contributed by atoms with Gasteiger partial charge < -0.3 is 9.47 Å². The standard InChI is InChI=1S/C15H17N5O2S.ClH/c23-15-19-18-14(11-6-10(16-17-11)8-1-2-8)20(15)9-3-4-12-13(5-9)22-7-21-12;/h3-5,8,10-11,16-17H,1-2,6-7H2,(H,19,23);1H. The van der Waals surface area contributed by atoms with E-state index >= 15 is 0 Å². The van der Waals surface area contributed by atoms with Gasteiger partial charge in [-0.15, -0.1) is 12.4 Å². The van der Waals surface area contributed by atoms with Crippen LogP contribution in [0.2, 0.25) is 0 Å². The molecular weight excluding hydrogens is 350 g/mol. The number of fused-ring (bicyclic) bond motifs is 1. The van der Waals surface area contributed by atoms with E-state index in [-0.39, 0.29) is 25.2 Å². The maximum atomic E-state index is 5.47. The molecule has 128 valence electrons. The molecular formula is C15H18ClN5O2S. The maximum absolute atomic E-state index is 5.47. The molecule has 3 aliphatic rings. The van der Waals surface area contributed by atoms with Crippen LogP contribution in [0.15, 0.2) is 18.2 Å². The van der Waals surface area contributed by atoms with Crippen molar-refractivity contribution in [1.29, 1.82) is 0 Å². The Balaban J connectivity index is 0.00000146. The lowest BCUT2D eigenvalue weighted by Gasteiger charge is -2.12. The van der Waals surface area contributed by atoms with Gasteiger partial charge in [0.15, 0.2) is 22.1 Å². The van der Waals surface area contributed by atoms with E-state index in [4.69, 9.17) is 21.7 Å². The summed E-state index contributed by atoms with van der Waals surface area (Å²) in [5, 5.41) is 7.37. The maximum Gasteiger partial charge on any atom is 0.231 e. The van der Waals surface area contributed by atoms with Crippen molar-refractivity contribution in [3.8, 4) is 17.2 Å². The summed E-state index contributed by atoms with van der Waals surface area (Å²) in [6, 6.07) is 6.49. The third-order valence-electron chi connectivity index (χ3n) is 4.75. The number of H-pyrrole nitrogens is 1. The molecule has 5 rings (SSSR count). The number of halogens is 1. The summed E-state index contributed by atoms with van der Waals surface area (Å²) in [5.74, 6) is 3.20. The van der Waals surface area contributed by atoms with Crippen LogP contribution in [0.1, 0.15) is 31.1 Å². The smallest absolute Gasteiger partial charge is 0.231 e. The number of nitrogens with zero attached hydrogens (tertiary/aromatic N) is 2. The van der Waals surface area contributed by atoms with Gasteiger partial charge in [0.05, 0.1) is 11.7 Å². The van der Waals surface area contributed by atoms with Gasteiger partial charge >= 0.3 is 0 Å². The Labute approximate surface area is 150 Å². The fourth-order valence-electron chi connectivity index (χ4n) is 3.37. The van der Waals surface area contributed by atoms with Crippen LogP contribution < -0.4 is 20.3 Å². The van der Waals surface area contributed by atoms with Crippen molar-refractivity contribution in [1.82, 2.24) is 25.6 Å². The van der Waals surface area contributed by atoms with E-state index < -0.39 is 0 Å². The quantitative estimate of drug-likeness (QED) is 0.723. The minimum atomic E-state index is 0. The van der Waals surface area contributed by atoms with Gasteiger partial charge in [0.2, 0.25) is 6.79 Å². The fraction of sp³-hybridized carbons (Fsp3) is 0.467. The molecule has 3 N–H and O–H groups in total. The molecule has 2 aliphatic heterocycles. The number of nitrogens with one attached hydrogen (secondary N) is 3. The number of aromatic amines is 1. The third kappa shape index (κ3) is 2.59. The van der Waals surface area contributed by atoms with Crippen molar-refractivity contribution in [2.75, 3.05) is 6.79 Å². The van der Waals surface area contributed by atoms with Gasteiger partial charge in [0, 0.05) is 12.1 Å². The first-order valence-electron chi connectivity index (χ1n) is 7.88. The Kier molecular flexibility index (Phi) is 4.00. The second-order valence-electron chi connectivity index (χ2n) is 6.28. The molecule has 24 heavy (non-hydrogen) atoms. The summed E-state index contributed by atoms with van der Waals surface area (Å²) in [6.45, 7) is 0.263. The van der Waals surface area contributed by atoms with Gasteiger partial charge in [-0.2, -0.15) is 5.10 Å². The monoisotopic (exact) mass is 367 g/mol. The molecule has 0 radical (unpaired) electrons. The number of hydrazine groups is 1. The SMILES string of the molecule is Cl.S=c1[nH]nc(C2CC(C3CC3)NN2)n1-c1ccc2c(c1)OCO2. The summed E-state index contributed by atoms with van der Waals surface area (Å²) in [4.78, 5) is 0. The number of hydrogen-bond acceptors (Lipinski definition) is 6. The van der Waals surface area contributed by atoms with Gasteiger partial charge in [0.25, 0.3) is 0 Å². The van der Waals surface area contributed by atoms with Gasteiger partial charge in [-0.1, -0.05) is 0 Å². The molecule has 0 amide bonds. The van der Waals surface area contributed by atoms with E-state index in [1.807, 2.05) is 22.8 Å². The fourth-order valence-corrected chi connectivity index (χ4v) is 3.62. The molecule has 1 aromatic heterocycles. The summed E-state index contributed by atoms with van der Waals surface area (Å²) in [6.07, 6.45) is 3.66. The molecule has 2 aromatic rings. The minimum absolute atomic E-state index is 0. The number of ether oxygens (including phenoxy) is 2. The van der Waals surface area contributed by atoms with Crippen LogP contribution in [0.25, 0.3) is 5.69 Å². The molecule has 1 saturated heterocycles. The highest BCUT2D eigenvalue weighted by Crippen LogP contribution is 2.39. The average Bonchev–Trinajstić information content (AvgIpc) is 2.99. The molecule has 1 aliphatic carbocycles. The van der Waals surface area contributed by atoms with E-state index in [9.17, 15) is 0 Å². The predicted octanol–water partition coefficient (Wildman–Crippen LogP) is 2.40. The first-order chi connectivity index (χ1) is 11.3. The van der Waals surface area contributed by atoms with Crippen LogP contribution in [0.4, 0.5) is 0 Å². The van der Waals surface area contributed by atoms with Crippen LogP contribution in [-0.2, 0) is 0 Å². The zero-order valence-electron chi connectivity index (χ0n) is 12.8. The van der Waals surface area contributed by atoms with Crippen LogP contribution in [-0.4, -0.2) is 27.6 Å². The first-order valence-corrected chi connectivity index (χ1v) is 8.29. The second kappa shape index (κ2) is 6.03. The third-order valence-corrected chi connectivity index (χ3v) is 5.02. The number of aromatic nitrogens is 3. The molecule has 1 saturated carbocycles. The summed E-state index contributed by atoms with van der Waals surface area (Å²) in [7, 11) is 0. The summed E-state index contributed by atoms with van der Waals surface area (Å²) < 4.78 is 13.4. The Hall–Kier alpha value is -1.61. The van der Waals surface area contributed by atoms with Crippen molar-refractivity contribution < 1.29 is 9.47 Å². The van der Waals surface area contributed by atoms with E-state index in [0.29, 0.717) is 10.8 Å². The molecule has 1 aromatic carbocycles. The minimum Gasteiger partial charge on any atom is -0.454 e. The lowest BCUT2D eigenvalue weighted by atomic mass is 10.1. The zero-order chi connectivity index (χ0) is 15.4. The highest BCUT2D eigenvalue weighted by molar-refractivity contribution is 7.71. The topological polar surface area (TPSA) is 76.1 Å². The molecule has 2 unspecified atom stereocenters. The number of hydrogen-bond donors (Lipinski definition) is 3. The van der Waals surface area contributed by atoms with Crippen molar-refractivity contribution in [3.05, 3.63) is 28.8 Å². The molecule has 9 heteroatoms. The van der Waals surface area contributed by atoms with Gasteiger partial charge in [-0.05, 0) is 49.5 Å².